The third-order valence-corrected chi connectivity index (χ3v) is 2.39. The maximum atomic E-state index is 11.6. The van der Waals surface area contributed by atoms with Gasteiger partial charge in [-0.25, -0.2) is 4.79 Å². The summed E-state index contributed by atoms with van der Waals surface area (Å²) in [7, 11) is 0. The first kappa shape index (κ1) is 12.6. The third-order valence-electron chi connectivity index (χ3n) is 1.96. The van der Waals surface area contributed by atoms with Gasteiger partial charge in [-0.15, -0.1) is 10.2 Å². The maximum absolute atomic E-state index is 11.6. The molecule has 0 bridgehead atoms. The smallest absolute Gasteiger partial charge is 0.308 e. The molecule has 5 nitrogen and oxygen atoms in total. The van der Waals surface area contributed by atoms with Gasteiger partial charge >= 0.3 is 6.03 Å². The molecule has 1 aromatic heterocycles. The van der Waals surface area contributed by atoms with Gasteiger partial charge in [-0.1, -0.05) is 29.3 Å². The molecule has 18 heavy (non-hydrogen) atoms. The summed E-state index contributed by atoms with van der Waals surface area (Å²) < 4.78 is 0. The van der Waals surface area contributed by atoms with E-state index in [0.717, 1.165) is 0 Å². The summed E-state index contributed by atoms with van der Waals surface area (Å²) in [6.07, 6.45) is 0. The van der Waals surface area contributed by atoms with Crippen molar-refractivity contribution in [3.8, 4) is 0 Å². The Hall–Kier alpha value is -1.85. The van der Waals surface area contributed by atoms with Gasteiger partial charge in [-0.3, -0.25) is 5.32 Å². The zero-order valence-corrected chi connectivity index (χ0v) is 10.5. The highest BCUT2D eigenvalue weighted by atomic mass is 35.5. The van der Waals surface area contributed by atoms with E-state index in [9.17, 15) is 4.79 Å². The molecule has 0 saturated heterocycles. The topological polar surface area (TPSA) is 66.9 Å². The molecule has 2 amide bonds. The molecule has 0 aliphatic heterocycles. The van der Waals surface area contributed by atoms with Crippen LogP contribution in [0.1, 0.15) is 0 Å². The van der Waals surface area contributed by atoms with Crippen LogP contribution in [0.3, 0.4) is 0 Å². The Bertz CT molecular complexity index is 559. The average Bonchev–Trinajstić information content (AvgIpc) is 2.32. The Morgan fingerprint density at radius 2 is 1.89 bits per heavy atom. The number of hydrogen-bond acceptors (Lipinski definition) is 3. The van der Waals surface area contributed by atoms with E-state index >= 15 is 0 Å². The summed E-state index contributed by atoms with van der Waals surface area (Å²) in [6.45, 7) is 0. The minimum atomic E-state index is -0.436. The van der Waals surface area contributed by atoms with Gasteiger partial charge < -0.3 is 5.32 Å². The number of hydrogen-bond donors (Lipinski definition) is 2. The number of anilines is 2. The number of amides is 2. The van der Waals surface area contributed by atoms with Crippen molar-refractivity contribution >= 4 is 40.7 Å². The quantitative estimate of drug-likeness (QED) is 0.887. The van der Waals surface area contributed by atoms with E-state index in [1.54, 1.807) is 30.3 Å². The van der Waals surface area contributed by atoms with E-state index in [1.807, 2.05) is 0 Å². The summed E-state index contributed by atoms with van der Waals surface area (Å²) in [6, 6.07) is 9.45. The summed E-state index contributed by atoms with van der Waals surface area (Å²) in [5, 5.41) is 13.2. The van der Waals surface area contributed by atoms with E-state index in [2.05, 4.69) is 20.8 Å². The van der Waals surface area contributed by atoms with Crippen molar-refractivity contribution in [3.05, 3.63) is 46.6 Å². The molecule has 0 radical (unpaired) electrons. The van der Waals surface area contributed by atoms with Crippen molar-refractivity contribution in [1.82, 2.24) is 10.2 Å². The fraction of sp³-hybridized carbons (Fsp3) is 0. The molecule has 0 saturated carbocycles. The van der Waals surface area contributed by atoms with Crippen molar-refractivity contribution in [2.45, 2.75) is 0 Å². The lowest BCUT2D eigenvalue weighted by molar-refractivity contribution is 0.262. The Kier molecular flexibility index (Phi) is 3.96. The number of nitrogens with one attached hydrogen (secondary N) is 2. The second-order valence-electron chi connectivity index (χ2n) is 3.33. The number of rotatable bonds is 2. The summed E-state index contributed by atoms with van der Waals surface area (Å²) in [5.74, 6) is 0.305. The van der Waals surface area contributed by atoms with Crippen LogP contribution < -0.4 is 10.6 Å². The Balaban J connectivity index is 1.98. The van der Waals surface area contributed by atoms with Gasteiger partial charge in [0.2, 0.25) is 0 Å². The number of nitrogens with zero attached hydrogens (tertiary/aromatic N) is 2. The van der Waals surface area contributed by atoms with Crippen LogP contribution >= 0.6 is 23.2 Å². The molecule has 0 aliphatic rings. The van der Waals surface area contributed by atoms with E-state index in [1.165, 1.54) is 6.07 Å². The Labute approximate surface area is 113 Å². The SMILES string of the molecule is O=C(Nc1cccc(Cl)c1)Nc1ccc(Cl)nn1. The van der Waals surface area contributed by atoms with Crippen molar-refractivity contribution in [2.24, 2.45) is 0 Å². The lowest BCUT2D eigenvalue weighted by atomic mass is 10.3. The largest absolute Gasteiger partial charge is 0.324 e. The van der Waals surface area contributed by atoms with Crippen LogP contribution in [-0.4, -0.2) is 16.2 Å². The molecule has 1 aromatic carbocycles. The van der Waals surface area contributed by atoms with Crippen LogP contribution in [0.25, 0.3) is 0 Å². The molecule has 2 N–H and O–H groups in total. The first-order valence-electron chi connectivity index (χ1n) is 4.96. The number of carbonyl (C=O) groups is 1. The zero-order chi connectivity index (χ0) is 13.0. The number of urea groups is 1. The van der Waals surface area contributed by atoms with Gasteiger partial charge in [0.15, 0.2) is 11.0 Å². The molecular formula is C11H8Cl2N4O. The second kappa shape index (κ2) is 5.66. The van der Waals surface area contributed by atoms with Crippen LogP contribution in [0.15, 0.2) is 36.4 Å². The zero-order valence-electron chi connectivity index (χ0n) is 9.02. The van der Waals surface area contributed by atoms with Gasteiger partial charge in [0.25, 0.3) is 0 Å². The van der Waals surface area contributed by atoms with Crippen molar-refractivity contribution in [1.29, 1.82) is 0 Å². The second-order valence-corrected chi connectivity index (χ2v) is 4.15. The van der Waals surface area contributed by atoms with Crippen LogP contribution in [-0.2, 0) is 0 Å². The van der Waals surface area contributed by atoms with Gasteiger partial charge in [-0.2, -0.15) is 0 Å². The van der Waals surface area contributed by atoms with E-state index < -0.39 is 6.03 Å². The fourth-order valence-electron chi connectivity index (χ4n) is 1.23. The first-order chi connectivity index (χ1) is 8.63. The summed E-state index contributed by atoms with van der Waals surface area (Å²) in [5.41, 5.74) is 0.585. The van der Waals surface area contributed by atoms with E-state index in [0.29, 0.717) is 16.5 Å². The number of benzene rings is 1. The van der Waals surface area contributed by atoms with E-state index in [4.69, 9.17) is 23.2 Å². The summed E-state index contributed by atoms with van der Waals surface area (Å²) in [4.78, 5) is 11.6. The molecule has 0 fully saturated rings. The molecule has 0 spiro atoms. The first-order valence-corrected chi connectivity index (χ1v) is 5.72. The average molecular weight is 283 g/mol. The third kappa shape index (κ3) is 3.58. The number of halogens is 2. The summed E-state index contributed by atoms with van der Waals surface area (Å²) >= 11 is 11.4. The molecule has 2 aromatic rings. The highest BCUT2D eigenvalue weighted by molar-refractivity contribution is 6.31. The van der Waals surface area contributed by atoms with Gasteiger partial charge in [0, 0.05) is 10.7 Å². The van der Waals surface area contributed by atoms with Crippen LogP contribution in [0.2, 0.25) is 10.2 Å². The van der Waals surface area contributed by atoms with Crippen LogP contribution in [0, 0.1) is 0 Å². The highest BCUT2D eigenvalue weighted by Crippen LogP contribution is 2.15. The van der Waals surface area contributed by atoms with Crippen LogP contribution in [0.5, 0.6) is 0 Å². The lowest BCUT2D eigenvalue weighted by Crippen LogP contribution is -2.20. The molecular weight excluding hydrogens is 275 g/mol. The Morgan fingerprint density at radius 1 is 1.06 bits per heavy atom. The molecule has 2 rings (SSSR count). The number of aromatic nitrogens is 2. The minimum Gasteiger partial charge on any atom is -0.308 e. The standard InChI is InChI=1S/C11H8Cl2N4O/c12-7-2-1-3-8(6-7)14-11(18)15-10-5-4-9(13)16-17-10/h1-6H,(H2,14,15,17,18). The molecule has 0 unspecified atom stereocenters. The van der Waals surface area contributed by atoms with Crippen molar-refractivity contribution in [3.63, 3.8) is 0 Å². The lowest BCUT2D eigenvalue weighted by Gasteiger charge is -2.06. The Morgan fingerprint density at radius 3 is 2.56 bits per heavy atom. The predicted molar refractivity (Wildman–Crippen MR) is 71.1 cm³/mol. The maximum Gasteiger partial charge on any atom is 0.324 e. The van der Waals surface area contributed by atoms with E-state index in [-0.39, 0.29) is 5.15 Å². The molecule has 92 valence electrons. The monoisotopic (exact) mass is 282 g/mol. The van der Waals surface area contributed by atoms with Crippen molar-refractivity contribution < 1.29 is 4.79 Å². The van der Waals surface area contributed by atoms with Gasteiger partial charge in [0.1, 0.15) is 0 Å². The van der Waals surface area contributed by atoms with Crippen molar-refractivity contribution in [2.75, 3.05) is 10.6 Å². The predicted octanol–water partition coefficient (Wildman–Crippen LogP) is 3.43. The molecule has 7 heteroatoms. The normalized spacial score (nSPS) is 9.89. The van der Waals surface area contributed by atoms with Gasteiger partial charge in [0.05, 0.1) is 0 Å². The highest BCUT2D eigenvalue weighted by Gasteiger charge is 2.04. The molecule has 0 aliphatic carbocycles. The number of carbonyl (C=O) groups excluding carboxylic acids is 1. The molecule has 0 atom stereocenters. The van der Waals surface area contributed by atoms with Crippen LogP contribution in [0.4, 0.5) is 16.3 Å². The molecule has 1 heterocycles. The van der Waals surface area contributed by atoms with Gasteiger partial charge in [-0.05, 0) is 30.3 Å². The fourth-order valence-corrected chi connectivity index (χ4v) is 1.52. The minimum absolute atomic E-state index is 0.260.